The molecular formula is C16H16N2O2. The Hall–Kier alpha value is -2.62. The lowest BCUT2D eigenvalue weighted by molar-refractivity contribution is 0.0955. The van der Waals surface area contributed by atoms with E-state index in [4.69, 9.17) is 0 Å². The molecule has 4 nitrogen and oxygen atoms in total. The maximum absolute atomic E-state index is 11.9. The number of nitrogens with one attached hydrogen (secondary N) is 2. The molecule has 4 heteroatoms. The van der Waals surface area contributed by atoms with Gasteiger partial charge >= 0.3 is 0 Å². The van der Waals surface area contributed by atoms with E-state index in [1.165, 1.54) is 0 Å². The predicted molar refractivity (Wildman–Crippen MR) is 78.7 cm³/mol. The zero-order valence-corrected chi connectivity index (χ0v) is 11.4. The van der Waals surface area contributed by atoms with Crippen molar-refractivity contribution in [3.63, 3.8) is 0 Å². The summed E-state index contributed by atoms with van der Waals surface area (Å²) in [6.07, 6.45) is 0. The van der Waals surface area contributed by atoms with E-state index in [0.717, 1.165) is 11.1 Å². The highest BCUT2D eigenvalue weighted by molar-refractivity contribution is 6.01. The third-order valence-electron chi connectivity index (χ3n) is 3.08. The molecule has 0 saturated heterocycles. The molecule has 0 spiro atoms. The number of benzene rings is 2. The van der Waals surface area contributed by atoms with E-state index in [1.807, 2.05) is 30.3 Å². The Labute approximate surface area is 117 Å². The van der Waals surface area contributed by atoms with Crippen LogP contribution in [0.3, 0.4) is 0 Å². The van der Waals surface area contributed by atoms with Gasteiger partial charge in [0.05, 0.1) is 0 Å². The second-order valence-corrected chi connectivity index (χ2v) is 4.28. The molecule has 2 rings (SSSR count). The largest absolute Gasteiger partial charge is 0.355 e. The van der Waals surface area contributed by atoms with E-state index < -0.39 is 0 Å². The highest BCUT2D eigenvalue weighted by atomic mass is 16.2. The number of amides is 2. The van der Waals surface area contributed by atoms with E-state index >= 15 is 0 Å². The summed E-state index contributed by atoms with van der Waals surface area (Å²) >= 11 is 0. The Morgan fingerprint density at radius 3 is 2.00 bits per heavy atom. The Morgan fingerprint density at radius 1 is 0.800 bits per heavy atom. The van der Waals surface area contributed by atoms with Crippen LogP contribution < -0.4 is 10.6 Å². The second-order valence-electron chi connectivity index (χ2n) is 4.28. The average molecular weight is 268 g/mol. The van der Waals surface area contributed by atoms with Crippen molar-refractivity contribution in [2.24, 2.45) is 0 Å². The van der Waals surface area contributed by atoms with Gasteiger partial charge < -0.3 is 10.6 Å². The molecule has 0 unspecified atom stereocenters. The first-order chi connectivity index (χ1) is 9.67. The lowest BCUT2D eigenvalue weighted by atomic mass is 9.98. The van der Waals surface area contributed by atoms with Gasteiger partial charge in [-0.15, -0.1) is 0 Å². The quantitative estimate of drug-likeness (QED) is 0.895. The van der Waals surface area contributed by atoms with E-state index in [2.05, 4.69) is 10.6 Å². The fourth-order valence-electron chi connectivity index (χ4n) is 2.01. The van der Waals surface area contributed by atoms with Crippen LogP contribution in [-0.4, -0.2) is 25.9 Å². The molecule has 0 heterocycles. The van der Waals surface area contributed by atoms with Crippen molar-refractivity contribution in [1.82, 2.24) is 10.6 Å². The van der Waals surface area contributed by atoms with Crippen molar-refractivity contribution in [2.45, 2.75) is 0 Å². The van der Waals surface area contributed by atoms with Gasteiger partial charge in [0.25, 0.3) is 11.8 Å². The van der Waals surface area contributed by atoms with Gasteiger partial charge in [0, 0.05) is 25.2 Å². The van der Waals surface area contributed by atoms with Crippen LogP contribution in [0, 0.1) is 0 Å². The first-order valence-electron chi connectivity index (χ1n) is 6.31. The standard InChI is InChI=1S/C16H16N2O2/c1-17-15(19)12-9-7-11(8-10-12)13-5-3-4-6-14(13)16(20)18-2/h3-10H,1-2H3,(H,17,19)(H,18,20). The summed E-state index contributed by atoms with van der Waals surface area (Å²) in [5.74, 6) is -0.257. The minimum atomic E-state index is -0.129. The van der Waals surface area contributed by atoms with Crippen molar-refractivity contribution < 1.29 is 9.59 Å². The molecule has 0 saturated carbocycles. The molecule has 0 bridgehead atoms. The van der Waals surface area contributed by atoms with Gasteiger partial charge in [-0.3, -0.25) is 9.59 Å². The van der Waals surface area contributed by atoms with E-state index in [9.17, 15) is 9.59 Å². The fourth-order valence-corrected chi connectivity index (χ4v) is 2.01. The van der Waals surface area contributed by atoms with Gasteiger partial charge in [0.1, 0.15) is 0 Å². The number of rotatable bonds is 3. The van der Waals surface area contributed by atoms with Crippen LogP contribution in [0.4, 0.5) is 0 Å². The molecule has 2 aromatic rings. The van der Waals surface area contributed by atoms with Crippen LogP contribution in [0.25, 0.3) is 11.1 Å². The molecule has 0 aliphatic carbocycles. The van der Waals surface area contributed by atoms with Gasteiger partial charge in [-0.25, -0.2) is 0 Å². The van der Waals surface area contributed by atoms with Crippen LogP contribution in [-0.2, 0) is 0 Å². The first-order valence-corrected chi connectivity index (χ1v) is 6.31. The lowest BCUT2D eigenvalue weighted by Crippen LogP contribution is -2.18. The van der Waals surface area contributed by atoms with E-state index in [0.29, 0.717) is 11.1 Å². The predicted octanol–water partition coefficient (Wildman–Crippen LogP) is 2.07. The maximum atomic E-state index is 11.9. The molecule has 0 fully saturated rings. The summed E-state index contributed by atoms with van der Waals surface area (Å²) in [4.78, 5) is 23.4. The van der Waals surface area contributed by atoms with E-state index in [1.54, 1.807) is 32.3 Å². The minimum Gasteiger partial charge on any atom is -0.355 e. The van der Waals surface area contributed by atoms with Gasteiger partial charge in [-0.1, -0.05) is 30.3 Å². The molecular weight excluding hydrogens is 252 g/mol. The van der Waals surface area contributed by atoms with E-state index in [-0.39, 0.29) is 11.8 Å². The van der Waals surface area contributed by atoms with Gasteiger partial charge in [0.2, 0.25) is 0 Å². The highest BCUT2D eigenvalue weighted by Gasteiger charge is 2.11. The highest BCUT2D eigenvalue weighted by Crippen LogP contribution is 2.24. The molecule has 102 valence electrons. The van der Waals surface area contributed by atoms with Crippen molar-refractivity contribution in [3.8, 4) is 11.1 Å². The van der Waals surface area contributed by atoms with Crippen LogP contribution in [0.5, 0.6) is 0 Å². The van der Waals surface area contributed by atoms with Gasteiger partial charge in [0.15, 0.2) is 0 Å². The fraction of sp³-hybridized carbons (Fsp3) is 0.125. The summed E-state index contributed by atoms with van der Waals surface area (Å²) in [6.45, 7) is 0. The molecule has 0 radical (unpaired) electrons. The molecule has 2 amide bonds. The van der Waals surface area contributed by atoms with Crippen molar-refractivity contribution >= 4 is 11.8 Å². The number of hydrogen-bond donors (Lipinski definition) is 2. The molecule has 2 N–H and O–H groups in total. The summed E-state index contributed by atoms with van der Waals surface area (Å²) in [6, 6.07) is 14.5. The van der Waals surface area contributed by atoms with Crippen LogP contribution in [0.2, 0.25) is 0 Å². The van der Waals surface area contributed by atoms with Crippen molar-refractivity contribution in [2.75, 3.05) is 14.1 Å². The molecule has 0 atom stereocenters. The summed E-state index contributed by atoms with van der Waals surface area (Å²) in [5, 5.41) is 5.20. The Morgan fingerprint density at radius 2 is 1.40 bits per heavy atom. The smallest absolute Gasteiger partial charge is 0.251 e. The summed E-state index contributed by atoms with van der Waals surface area (Å²) < 4.78 is 0. The van der Waals surface area contributed by atoms with Crippen LogP contribution >= 0.6 is 0 Å². The zero-order valence-electron chi connectivity index (χ0n) is 11.4. The normalized spacial score (nSPS) is 9.90. The third kappa shape index (κ3) is 2.69. The summed E-state index contributed by atoms with van der Waals surface area (Å²) in [7, 11) is 3.20. The Bertz CT molecular complexity index is 633. The molecule has 2 aromatic carbocycles. The lowest BCUT2D eigenvalue weighted by Gasteiger charge is -2.09. The second kappa shape index (κ2) is 6.02. The number of carbonyl (C=O) groups excluding carboxylic acids is 2. The van der Waals surface area contributed by atoms with Crippen molar-refractivity contribution in [3.05, 3.63) is 59.7 Å². The SMILES string of the molecule is CNC(=O)c1ccc(-c2ccccc2C(=O)NC)cc1. The average Bonchev–Trinajstić information content (AvgIpc) is 2.53. The number of hydrogen-bond acceptors (Lipinski definition) is 2. The first kappa shape index (κ1) is 13.8. The molecule has 20 heavy (non-hydrogen) atoms. The molecule has 0 aliphatic heterocycles. The third-order valence-corrected chi connectivity index (χ3v) is 3.08. The summed E-state index contributed by atoms with van der Waals surface area (Å²) in [5.41, 5.74) is 2.95. The maximum Gasteiger partial charge on any atom is 0.251 e. The zero-order chi connectivity index (χ0) is 14.5. The number of carbonyl (C=O) groups is 2. The Kier molecular flexibility index (Phi) is 4.15. The monoisotopic (exact) mass is 268 g/mol. The molecule has 0 aliphatic rings. The Balaban J connectivity index is 2.42. The van der Waals surface area contributed by atoms with Gasteiger partial charge in [-0.2, -0.15) is 0 Å². The van der Waals surface area contributed by atoms with Crippen LogP contribution in [0.15, 0.2) is 48.5 Å². The van der Waals surface area contributed by atoms with Crippen LogP contribution in [0.1, 0.15) is 20.7 Å². The topological polar surface area (TPSA) is 58.2 Å². The van der Waals surface area contributed by atoms with Crippen molar-refractivity contribution in [1.29, 1.82) is 0 Å². The van der Waals surface area contributed by atoms with Gasteiger partial charge in [-0.05, 0) is 29.3 Å². The minimum absolute atomic E-state index is 0.129. The molecule has 0 aromatic heterocycles.